The molecule has 1 aliphatic heterocycles. The summed E-state index contributed by atoms with van der Waals surface area (Å²) < 4.78 is 29.9. The monoisotopic (exact) mass is 508 g/mol. The van der Waals surface area contributed by atoms with Crippen LogP contribution < -0.4 is 4.72 Å². The predicted octanol–water partition coefficient (Wildman–Crippen LogP) is 5.89. The zero-order chi connectivity index (χ0) is 24.2. The molecular weight excluding hydrogens is 483 g/mol. The molecule has 2 atom stereocenters. The van der Waals surface area contributed by atoms with Crippen LogP contribution in [0.2, 0.25) is 5.02 Å². The summed E-state index contributed by atoms with van der Waals surface area (Å²) in [4.78, 5) is 5.56. The molecule has 1 aliphatic carbocycles. The van der Waals surface area contributed by atoms with Crippen LogP contribution in [-0.2, 0) is 11.0 Å². The fourth-order valence-corrected chi connectivity index (χ4v) is 5.47. The van der Waals surface area contributed by atoms with Crippen molar-refractivity contribution in [2.75, 3.05) is 6.54 Å². The number of benzene rings is 3. The highest BCUT2D eigenvalue weighted by Crippen LogP contribution is 2.30. The Labute approximate surface area is 212 Å². The van der Waals surface area contributed by atoms with Gasteiger partial charge in [-0.1, -0.05) is 66.9 Å². The molecule has 3 aromatic carbocycles. The van der Waals surface area contributed by atoms with Crippen molar-refractivity contribution in [1.29, 1.82) is 0 Å². The zero-order valence-corrected chi connectivity index (χ0v) is 20.7. The minimum absolute atomic E-state index is 0.0405. The molecule has 180 valence electrons. The maximum atomic E-state index is 13.6. The first-order valence-corrected chi connectivity index (χ1v) is 13.3. The Kier molecular flexibility index (Phi) is 7.25. The van der Waals surface area contributed by atoms with Gasteiger partial charge in [0.15, 0.2) is 11.0 Å². The smallest absolute Gasteiger partial charge is 0.227 e. The molecule has 0 spiro atoms. The van der Waals surface area contributed by atoms with Crippen LogP contribution in [0.3, 0.4) is 0 Å². The number of nitrogens with one attached hydrogen (secondary N) is 1. The molecule has 0 radical (unpaired) electrons. The molecule has 5 rings (SSSR count). The van der Waals surface area contributed by atoms with E-state index in [-0.39, 0.29) is 17.8 Å². The summed E-state index contributed by atoms with van der Waals surface area (Å²) in [7, 11) is -1.53. The average Bonchev–Trinajstić information content (AvgIpc) is 3.55. The number of aliphatic imine (C=N–C) groups is 1. The number of hydrogen-bond donors (Lipinski definition) is 1. The van der Waals surface area contributed by atoms with Crippen LogP contribution in [-0.4, -0.2) is 33.5 Å². The van der Waals surface area contributed by atoms with E-state index in [9.17, 15) is 8.60 Å². The number of hydrazone groups is 1. The van der Waals surface area contributed by atoms with Crippen molar-refractivity contribution in [2.24, 2.45) is 10.1 Å². The summed E-state index contributed by atoms with van der Waals surface area (Å²) in [6.45, 7) is 0.535. The van der Waals surface area contributed by atoms with Gasteiger partial charge in [-0.05, 0) is 60.4 Å². The summed E-state index contributed by atoms with van der Waals surface area (Å²) in [6.07, 6.45) is 4.28. The Balaban J connectivity index is 1.50. The van der Waals surface area contributed by atoms with Crippen molar-refractivity contribution in [2.45, 2.75) is 42.5 Å². The summed E-state index contributed by atoms with van der Waals surface area (Å²) in [5, 5.41) is 7.32. The molecule has 3 aromatic rings. The fourth-order valence-electron chi connectivity index (χ4n) is 4.51. The van der Waals surface area contributed by atoms with Crippen LogP contribution in [0.4, 0.5) is 4.39 Å². The number of rotatable bonds is 5. The van der Waals surface area contributed by atoms with E-state index in [0.29, 0.717) is 22.4 Å². The largest absolute Gasteiger partial charge is 0.270 e. The van der Waals surface area contributed by atoms with Crippen LogP contribution in [0.5, 0.6) is 0 Å². The van der Waals surface area contributed by atoms with Crippen molar-refractivity contribution >= 4 is 34.3 Å². The first-order chi connectivity index (χ1) is 17.1. The van der Waals surface area contributed by atoms with Crippen LogP contribution in [0.1, 0.15) is 42.7 Å². The lowest BCUT2D eigenvalue weighted by molar-refractivity contribution is 0.458. The number of nitrogens with zero attached hydrogens (tertiary/aromatic N) is 3. The molecule has 0 bridgehead atoms. The third-order valence-corrected chi connectivity index (χ3v) is 7.66. The SMILES string of the molecule is O=S(NC(=NC1CCCC1)N1CC(c2ccccc2)C(c2ccc(F)cc2)=N1)c1ccc(Cl)cc1. The van der Waals surface area contributed by atoms with Crippen molar-refractivity contribution in [3.05, 3.63) is 101 Å². The Morgan fingerprint density at radius 3 is 2.37 bits per heavy atom. The van der Waals surface area contributed by atoms with Crippen LogP contribution in [0.15, 0.2) is 93.9 Å². The van der Waals surface area contributed by atoms with Gasteiger partial charge in [-0.3, -0.25) is 4.72 Å². The molecule has 2 aliphatic rings. The Morgan fingerprint density at radius 2 is 1.69 bits per heavy atom. The van der Waals surface area contributed by atoms with Gasteiger partial charge in [-0.2, -0.15) is 5.10 Å². The van der Waals surface area contributed by atoms with E-state index < -0.39 is 11.0 Å². The number of hydrogen-bond acceptors (Lipinski definition) is 3. The van der Waals surface area contributed by atoms with Crippen molar-refractivity contribution < 1.29 is 8.60 Å². The molecule has 8 heteroatoms. The number of halogens is 2. The van der Waals surface area contributed by atoms with Crippen molar-refractivity contribution in [3.63, 3.8) is 0 Å². The molecule has 35 heavy (non-hydrogen) atoms. The molecular formula is C27H26ClFN4OS. The highest BCUT2D eigenvalue weighted by atomic mass is 35.5. The second-order valence-corrected chi connectivity index (χ2v) is 10.4. The predicted molar refractivity (Wildman–Crippen MR) is 140 cm³/mol. The van der Waals surface area contributed by atoms with Crippen molar-refractivity contribution in [3.8, 4) is 0 Å². The van der Waals surface area contributed by atoms with Gasteiger partial charge in [0.2, 0.25) is 5.96 Å². The normalized spacial score (nSPS) is 19.6. The van der Waals surface area contributed by atoms with E-state index in [2.05, 4.69) is 16.9 Å². The summed E-state index contributed by atoms with van der Waals surface area (Å²) in [5.41, 5.74) is 2.79. The van der Waals surface area contributed by atoms with E-state index in [1.54, 1.807) is 36.4 Å². The average molecular weight is 509 g/mol. The van der Waals surface area contributed by atoms with Gasteiger partial charge in [0.25, 0.3) is 0 Å². The topological polar surface area (TPSA) is 57.1 Å². The zero-order valence-electron chi connectivity index (χ0n) is 19.1. The lowest BCUT2D eigenvalue weighted by atomic mass is 9.91. The second-order valence-electron chi connectivity index (χ2n) is 8.75. The molecule has 1 heterocycles. The molecule has 1 N–H and O–H groups in total. The summed E-state index contributed by atoms with van der Waals surface area (Å²) >= 11 is 6.00. The van der Waals surface area contributed by atoms with Gasteiger partial charge in [-0.25, -0.2) is 18.6 Å². The van der Waals surface area contributed by atoms with E-state index in [4.69, 9.17) is 21.7 Å². The first kappa shape index (κ1) is 23.7. The van der Waals surface area contributed by atoms with E-state index in [0.717, 1.165) is 42.5 Å². The molecule has 1 saturated carbocycles. The molecule has 0 amide bonds. The Morgan fingerprint density at radius 1 is 1.00 bits per heavy atom. The lowest BCUT2D eigenvalue weighted by Crippen LogP contribution is -2.39. The van der Waals surface area contributed by atoms with Gasteiger partial charge in [0.05, 0.1) is 23.2 Å². The third-order valence-electron chi connectivity index (χ3n) is 6.34. The molecule has 2 unspecified atom stereocenters. The third kappa shape index (κ3) is 5.63. The van der Waals surface area contributed by atoms with Gasteiger partial charge < -0.3 is 0 Å². The van der Waals surface area contributed by atoms with Crippen molar-refractivity contribution in [1.82, 2.24) is 9.73 Å². The lowest BCUT2D eigenvalue weighted by Gasteiger charge is -2.20. The standard InChI is InChI=1S/C27H26ClFN4OS/c28-21-12-16-24(17-13-21)35(34)32-27(30-23-8-4-5-9-23)33-18-25(19-6-2-1-3-7-19)26(31-33)20-10-14-22(29)15-11-20/h1-3,6-7,10-17,23,25H,4-5,8-9,18H2,(H,30,32). The van der Waals surface area contributed by atoms with E-state index in [1.165, 1.54) is 12.1 Å². The highest BCUT2D eigenvalue weighted by molar-refractivity contribution is 7.83. The Bertz CT molecular complexity index is 1240. The first-order valence-electron chi connectivity index (χ1n) is 11.8. The summed E-state index contributed by atoms with van der Waals surface area (Å²) in [6, 6.07) is 23.6. The summed E-state index contributed by atoms with van der Waals surface area (Å²) in [5.74, 6) is 0.161. The van der Waals surface area contributed by atoms with Gasteiger partial charge >= 0.3 is 0 Å². The van der Waals surface area contributed by atoms with E-state index >= 15 is 0 Å². The highest BCUT2D eigenvalue weighted by Gasteiger charge is 2.32. The molecule has 0 aromatic heterocycles. The van der Waals surface area contributed by atoms with Gasteiger partial charge in [-0.15, -0.1) is 0 Å². The minimum Gasteiger partial charge on any atom is -0.270 e. The second kappa shape index (κ2) is 10.7. The Hall–Kier alpha value is -3.03. The van der Waals surface area contributed by atoms with Gasteiger partial charge in [0, 0.05) is 10.9 Å². The quantitative estimate of drug-likeness (QED) is 0.345. The van der Waals surface area contributed by atoms with Gasteiger partial charge in [0.1, 0.15) is 5.82 Å². The van der Waals surface area contributed by atoms with Crippen LogP contribution >= 0.6 is 11.6 Å². The molecule has 1 fully saturated rings. The van der Waals surface area contributed by atoms with Crippen LogP contribution in [0, 0.1) is 5.82 Å². The van der Waals surface area contributed by atoms with E-state index in [1.807, 2.05) is 23.2 Å². The maximum Gasteiger partial charge on any atom is 0.227 e. The number of guanidine groups is 1. The molecule has 0 saturated heterocycles. The minimum atomic E-state index is -1.53. The van der Waals surface area contributed by atoms with Crippen LogP contribution in [0.25, 0.3) is 0 Å². The fraction of sp³-hybridized carbons (Fsp3) is 0.259. The molecule has 5 nitrogen and oxygen atoms in total. The maximum absolute atomic E-state index is 13.6.